The fourth-order valence-corrected chi connectivity index (χ4v) is 8.39. The van der Waals surface area contributed by atoms with Crippen LogP contribution >= 0.6 is 0 Å². The summed E-state index contributed by atoms with van der Waals surface area (Å²) in [5.74, 6) is 2.73. The molecule has 5 aliphatic rings. The van der Waals surface area contributed by atoms with E-state index in [2.05, 4.69) is 41.2 Å². The van der Waals surface area contributed by atoms with Gasteiger partial charge in [-0.15, -0.1) is 0 Å². The number of carboxylic acids is 1. The minimum atomic E-state index is -0.944. The molecule has 1 aliphatic heterocycles. The van der Waals surface area contributed by atoms with Crippen molar-refractivity contribution in [2.75, 3.05) is 6.73 Å². The highest BCUT2D eigenvalue weighted by Crippen LogP contribution is 2.61. The summed E-state index contributed by atoms with van der Waals surface area (Å²) < 4.78 is 6.19. The molecule has 0 amide bonds. The molecule has 6 nitrogen and oxygen atoms in total. The lowest BCUT2D eigenvalue weighted by Gasteiger charge is -2.57. The zero-order valence-electron chi connectivity index (χ0n) is 22.0. The van der Waals surface area contributed by atoms with Gasteiger partial charge in [0.25, 0.3) is 0 Å². The van der Waals surface area contributed by atoms with Crippen molar-refractivity contribution in [3.05, 3.63) is 76.6 Å². The molecule has 196 valence electrons. The summed E-state index contributed by atoms with van der Waals surface area (Å²) in [5.41, 5.74) is 6.56. The Hall–Kier alpha value is -3.25. The van der Waals surface area contributed by atoms with Gasteiger partial charge in [0.1, 0.15) is 18.7 Å². The first-order valence-corrected chi connectivity index (χ1v) is 14.1. The number of aromatic amines is 1. The zero-order chi connectivity index (χ0) is 25.9. The van der Waals surface area contributed by atoms with Crippen LogP contribution in [0.1, 0.15) is 83.9 Å². The van der Waals surface area contributed by atoms with Gasteiger partial charge in [-0.2, -0.15) is 0 Å². The van der Waals surface area contributed by atoms with Crippen LogP contribution in [0.5, 0.6) is 0 Å². The van der Waals surface area contributed by atoms with Crippen LogP contribution in [0.4, 0.5) is 0 Å². The number of hydrogen-bond donors (Lipinski definition) is 2. The van der Waals surface area contributed by atoms with E-state index < -0.39 is 12.1 Å². The second-order valence-corrected chi connectivity index (χ2v) is 12.3. The van der Waals surface area contributed by atoms with E-state index >= 15 is 0 Å². The van der Waals surface area contributed by atoms with Gasteiger partial charge in [-0.05, 0) is 105 Å². The first-order valence-electron chi connectivity index (χ1n) is 14.1. The number of carbonyl (C=O) groups is 1. The molecule has 4 saturated carbocycles. The van der Waals surface area contributed by atoms with Crippen molar-refractivity contribution in [1.82, 2.24) is 9.97 Å². The molecule has 8 rings (SSSR count). The Morgan fingerprint density at radius 3 is 2.50 bits per heavy atom. The molecular formula is C32H35N3O3. The van der Waals surface area contributed by atoms with Gasteiger partial charge >= 0.3 is 5.97 Å². The van der Waals surface area contributed by atoms with Crippen molar-refractivity contribution in [3.63, 3.8) is 0 Å². The van der Waals surface area contributed by atoms with E-state index in [1.54, 1.807) is 18.2 Å². The number of H-pyrrole nitrogens is 1. The molecule has 1 atom stereocenters. The number of aromatic carboxylic acids is 1. The van der Waals surface area contributed by atoms with E-state index in [-0.39, 0.29) is 12.3 Å². The van der Waals surface area contributed by atoms with Crippen molar-refractivity contribution >= 4 is 11.7 Å². The number of carboxylic acid groups (broad SMARTS) is 1. The van der Waals surface area contributed by atoms with Gasteiger partial charge in [0.05, 0.1) is 17.0 Å². The number of nitrogens with one attached hydrogen (secondary N) is 1. The number of hydrogen-bond acceptors (Lipinski definition) is 4. The molecule has 2 heterocycles. The maximum atomic E-state index is 11.6. The molecule has 2 aromatic carbocycles. The molecule has 4 bridgehead atoms. The lowest BCUT2D eigenvalue weighted by Crippen LogP contribution is -2.46. The molecule has 6 heteroatoms. The first-order chi connectivity index (χ1) is 18.5. The van der Waals surface area contributed by atoms with Crippen molar-refractivity contribution in [2.45, 2.75) is 64.4 Å². The monoisotopic (exact) mass is 509 g/mol. The molecule has 2 N–H and O–H groups in total. The van der Waals surface area contributed by atoms with Crippen LogP contribution in [0.25, 0.3) is 11.4 Å². The Balaban J connectivity index is 1.23. The third-order valence-electron chi connectivity index (χ3n) is 9.66. The summed E-state index contributed by atoms with van der Waals surface area (Å²) >= 11 is 0. The number of aryl methyl sites for hydroxylation is 2. The number of nitrogens with zero attached hydrogens (tertiary/aromatic N) is 2. The summed E-state index contributed by atoms with van der Waals surface area (Å²) in [7, 11) is 0. The standard InChI is InChI=1S/C32H35N3O3/c1-19-5-2-3-8-25(19)30-34-26(9-10-32-15-20-11-21(16-32)13-22(12-20)17-32)28(35-30)29-27(33-18-38-29)23-6-4-7-24(14-23)31(36)37/h2-8,14,20-22,29H,9-13,15-18H2,1H3,(H,34,35)(H,36,37). The van der Waals surface area contributed by atoms with E-state index in [4.69, 9.17) is 9.72 Å². The highest BCUT2D eigenvalue weighted by Gasteiger charge is 2.50. The number of ether oxygens (including phenoxy) is 1. The van der Waals surface area contributed by atoms with Gasteiger partial charge in [0.2, 0.25) is 0 Å². The molecule has 1 unspecified atom stereocenters. The second kappa shape index (κ2) is 9.19. The predicted octanol–water partition coefficient (Wildman–Crippen LogP) is 6.75. The van der Waals surface area contributed by atoms with Gasteiger partial charge in [0.15, 0.2) is 0 Å². The van der Waals surface area contributed by atoms with Crippen molar-refractivity contribution in [1.29, 1.82) is 0 Å². The minimum Gasteiger partial charge on any atom is -0.478 e. The summed E-state index contributed by atoms with van der Waals surface area (Å²) in [6, 6.07) is 15.3. The highest BCUT2D eigenvalue weighted by molar-refractivity contribution is 6.06. The predicted molar refractivity (Wildman–Crippen MR) is 146 cm³/mol. The average Bonchev–Trinajstić information content (AvgIpc) is 3.54. The van der Waals surface area contributed by atoms with Crippen LogP contribution < -0.4 is 0 Å². The third kappa shape index (κ3) is 4.19. The Morgan fingerprint density at radius 1 is 1.05 bits per heavy atom. The Bertz CT molecular complexity index is 1390. The van der Waals surface area contributed by atoms with Gasteiger partial charge in [-0.1, -0.05) is 36.4 Å². The molecule has 0 radical (unpaired) electrons. The average molecular weight is 510 g/mol. The zero-order valence-corrected chi connectivity index (χ0v) is 22.0. The lowest BCUT2D eigenvalue weighted by atomic mass is 9.48. The normalized spacial score (nSPS) is 29.6. The molecule has 1 aromatic heterocycles. The fourth-order valence-electron chi connectivity index (χ4n) is 8.39. The first kappa shape index (κ1) is 23.8. The maximum absolute atomic E-state index is 11.6. The SMILES string of the molecule is Cc1ccccc1-c1nc(C2OCN=C2c2cccc(C(=O)O)c2)c(CCC23CC4CC(CC(C4)C2)C3)[nH]1. The third-order valence-corrected chi connectivity index (χ3v) is 9.66. The van der Waals surface area contributed by atoms with Gasteiger partial charge in [0, 0.05) is 11.3 Å². The summed E-state index contributed by atoms with van der Waals surface area (Å²) in [4.78, 5) is 25.1. The van der Waals surface area contributed by atoms with Crippen LogP contribution in [0.2, 0.25) is 0 Å². The van der Waals surface area contributed by atoms with E-state index in [9.17, 15) is 9.90 Å². The summed E-state index contributed by atoms with van der Waals surface area (Å²) in [5, 5.41) is 9.53. The molecule has 4 fully saturated rings. The molecule has 0 spiro atoms. The molecule has 0 saturated heterocycles. The lowest BCUT2D eigenvalue weighted by molar-refractivity contribution is -0.0571. The summed E-state index contributed by atoms with van der Waals surface area (Å²) in [6.45, 7) is 2.36. The topological polar surface area (TPSA) is 87.6 Å². The molecule has 4 aliphatic carbocycles. The Morgan fingerprint density at radius 2 is 1.79 bits per heavy atom. The van der Waals surface area contributed by atoms with Crippen LogP contribution in [0, 0.1) is 30.1 Å². The minimum absolute atomic E-state index is 0.248. The number of imidazole rings is 1. The van der Waals surface area contributed by atoms with Crippen LogP contribution in [-0.4, -0.2) is 33.5 Å². The number of aromatic nitrogens is 2. The van der Waals surface area contributed by atoms with Gasteiger partial charge < -0.3 is 14.8 Å². The van der Waals surface area contributed by atoms with E-state index in [0.29, 0.717) is 5.41 Å². The second-order valence-electron chi connectivity index (χ2n) is 12.3. The molecule has 38 heavy (non-hydrogen) atoms. The number of benzene rings is 2. The van der Waals surface area contributed by atoms with Crippen LogP contribution in [0.3, 0.4) is 0 Å². The van der Waals surface area contributed by atoms with Crippen molar-refractivity contribution in [2.24, 2.45) is 28.2 Å². The van der Waals surface area contributed by atoms with Crippen molar-refractivity contribution < 1.29 is 14.6 Å². The fraction of sp³-hybridized carbons (Fsp3) is 0.469. The smallest absolute Gasteiger partial charge is 0.335 e. The van der Waals surface area contributed by atoms with E-state index in [1.165, 1.54) is 50.5 Å². The molecular weight excluding hydrogens is 474 g/mol. The van der Waals surface area contributed by atoms with Gasteiger partial charge in [-0.3, -0.25) is 4.99 Å². The van der Waals surface area contributed by atoms with E-state index in [1.807, 2.05) is 6.07 Å². The van der Waals surface area contributed by atoms with Crippen LogP contribution in [-0.2, 0) is 11.2 Å². The van der Waals surface area contributed by atoms with Gasteiger partial charge in [-0.25, -0.2) is 9.78 Å². The molecule has 3 aromatic rings. The van der Waals surface area contributed by atoms with Crippen LogP contribution in [0.15, 0.2) is 53.5 Å². The quantitative estimate of drug-likeness (QED) is 0.369. The number of aliphatic imine (C=N–C) groups is 1. The Kier molecular flexibility index (Phi) is 5.77. The highest BCUT2D eigenvalue weighted by atomic mass is 16.5. The van der Waals surface area contributed by atoms with E-state index in [0.717, 1.165) is 58.2 Å². The largest absolute Gasteiger partial charge is 0.478 e. The van der Waals surface area contributed by atoms with Crippen molar-refractivity contribution in [3.8, 4) is 11.4 Å². The Labute approximate surface area is 223 Å². The summed E-state index contributed by atoms with van der Waals surface area (Å²) in [6.07, 6.45) is 10.3. The number of rotatable bonds is 7. The maximum Gasteiger partial charge on any atom is 0.335 e.